The molecular weight excluding hydrogens is 201 g/mol. The minimum absolute atomic E-state index is 0. The van der Waals surface area contributed by atoms with Crippen LogP contribution in [0.1, 0.15) is 0 Å². The zero-order chi connectivity index (χ0) is 10.1. The van der Waals surface area contributed by atoms with Crippen LogP contribution in [0.25, 0.3) is 0 Å². The molecule has 0 amide bonds. The van der Waals surface area contributed by atoms with Crippen LogP contribution in [0.2, 0.25) is 0 Å². The molecule has 1 N–H and O–H groups in total. The molecule has 0 fully saturated rings. The first-order chi connectivity index (χ1) is 5.36. The normalized spacial score (nSPS) is 8.62. The van der Waals surface area contributed by atoms with Gasteiger partial charge < -0.3 is 24.7 Å². The van der Waals surface area contributed by atoms with E-state index in [0.717, 1.165) is 0 Å². The van der Waals surface area contributed by atoms with E-state index in [2.05, 4.69) is 21.1 Å². The van der Waals surface area contributed by atoms with Crippen LogP contribution >= 0.6 is 0 Å². The third-order valence-corrected chi connectivity index (χ3v) is 0.355. The Morgan fingerprint density at radius 2 is 1.15 bits per heavy atom. The molecule has 0 saturated carbocycles. The van der Waals surface area contributed by atoms with Gasteiger partial charge in [-0.25, -0.2) is 0 Å². The molecule has 0 radical (unpaired) electrons. The van der Waals surface area contributed by atoms with Gasteiger partial charge in [0.25, 0.3) is 0 Å². The van der Waals surface area contributed by atoms with Gasteiger partial charge in [0.2, 0.25) is 0 Å². The van der Waals surface area contributed by atoms with Crippen LogP contribution in [-0.4, -0.2) is 33.1 Å². The van der Waals surface area contributed by atoms with E-state index in [0.29, 0.717) is 12.2 Å². The van der Waals surface area contributed by atoms with Gasteiger partial charge in [0.1, 0.15) is 0 Å². The second kappa shape index (κ2) is 12.3. The van der Waals surface area contributed by atoms with Gasteiger partial charge >= 0.3 is 51.4 Å². The average Bonchev–Trinajstić information content (AvgIpc) is 1.82. The Morgan fingerprint density at radius 1 is 1.00 bits per heavy atom. The first-order valence-electron chi connectivity index (χ1n) is 3.23. The van der Waals surface area contributed by atoms with Crippen molar-refractivity contribution in [2.24, 2.45) is 0 Å². The molecule has 0 aromatic carbocycles. The maximum atomic E-state index is 9.41. The number of rotatable bonds is 2. The topological polar surface area (TPSA) is 84.7 Å². The van der Waals surface area contributed by atoms with Gasteiger partial charge in [-0.2, -0.15) is 0 Å². The first kappa shape index (κ1) is 18.9. The quantitative estimate of drug-likeness (QED) is 0.365. The molecule has 13 heavy (non-hydrogen) atoms. The number of carbonyl (C=O) groups excluding carboxylic acids is 2. The van der Waals surface area contributed by atoms with Crippen molar-refractivity contribution in [1.82, 2.24) is 0 Å². The van der Waals surface area contributed by atoms with E-state index in [1.807, 2.05) is 0 Å². The second-order valence-corrected chi connectivity index (χ2v) is 2.47. The number of carboxylic acids is 2. The average molecular weight is 213 g/mol. The van der Waals surface area contributed by atoms with E-state index in [4.69, 9.17) is 0 Å². The monoisotopic (exact) mass is 213 g/mol. The molecule has 70 valence electrons. The van der Waals surface area contributed by atoms with Gasteiger partial charge in [-0.1, -0.05) is 0 Å². The summed E-state index contributed by atoms with van der Waals surface area (Å²) in [5.74, 6) is -3.09. The standard InChI is InChI=1S/C4H4O4.C3H9N.K/c5-3(6)1-2-4(7)8;1-4(2)3;/h1-2H,(H,5,6)(H,7,8);1-3H3;/q;;+1/p-1/b2-1-;;. The summed E-state index contributed by atoms with van der Waals surface area (Å²) in [7, 11) is 6.25. The maximum absolute atomic E-state index is 9.41. The van der Waals surface area contributed by atoms with Crippen LogP contribution in [0.3, 0.4) is 0 Å². The molecule has 0 saturated heterocycles. The fraction of sp³-hybridized carbons (Fsp3) is 0.429. The summed E-state index contributed by atoms with van der Waals surface area (Å²) in [6.45, 7) is 0. The molecule has 0 rings (SSSR count). The molecular formula is C7H12KNO4. The fourth-order valence-electron chi connectivity index (χ4n) is 0.136. The van der Waals surface area contributed by atoms with Gasteiger partial charge in [-0.15, -0.1) is 0 Å². The summed E-state index contributed by atoms with van der Waals surface area (Å²) in [5, 5.41) is 18.8. The predicted octanol–water partition coefficient (Wildman–Crippen LogP) is -7.19. The van der Waals surface area contributed by atoms with E-state index in [9.17, 15) is 19.8 Å². The summed E-state index contributed by atoms with van der Waals surface area (Å²) in [5.41, 5.74) is 0. The zero-order valence-corrected chi connectivity index (χ0v) is 11.4. The van der Waals surface area contributed by atoms with Crippen LogP contribution < -0.4 is 66.5 Å². The molecule has 0 heterocycles. The van der Waals surface area contributed by atoms with Crippen molar-refractivity contribution in [1.29, 1.82) is 0 Å². The Bertz CT molecular complexity index is 161. The molecule has 0 aliphatic carbocycles. The van der Waals surface area contributed by atoms with Crippen LogP contribution in [0.15, 0.2) is 12.2 Å². The number of aliphatic carboxylic acids is 2. The minimum Gasteiger partial charge on any atom is -0.545 e. The van der Waals surface area contributed by atoms with Gasteiger partial charge in [0.05, 0.1) is 33.1 Å². The van der Waals surface area contributed by atoms with Crippen LogP contribution in [-0.2, 0) is 9.59 Å². The van der Waals surface area contributed by atoms with Crippen LogP contribution in [0, 0.1) is 0 Å². The van der Waals surface area contributed by atoms with E-state index < -0.39 is 11.9 Å². The van der Waals surface area contributed by atoms with Crippen molar-refractivity contribution in [2.75, 3.05) is 21.1 Å². The molecule has 0 bridgehead atoms. The van der Waals surface area contributed by atoms with Gasteiger partial charge in [-0.05, 0) is 12.2 Å². The Labute approximate surface area is 120 Å². The van der Waals surface area contributed by atoms with Gasteiger partial charge in [0, 0.05) is 0 Å². The molecule has 0 aromatic rings. The number of quaternary nitrogens is 1. The third kappa shape index (κ3) is 46.6. The number of carboxylic acid groups (broad SMARTS) is 2. The molecule has 0 unspecified atom stereocenters. The third-order valence-electron chi connectivity index (χ3n) is 0.355. The minimum atomic E-state index is -1.55. The van der Waals surface area contributed by atoms with Crippen molar-refractivity contribution in [3.05, 3.63) is 12.2 Å². The molecule has 0 aliphatic heterocycles. The molecule has 5 nitrogen and oxygen atoms in total. The smallest absolute Gasteiger partial charge is 0.545 e. The molecule has 0 aromatic heterocycles. The number of hydrogen-bond acceptors (Lipinski definition) is 4. The Kier molecular flexibility index (Phi) is 17.9. The number of hydrogen-bond donors (Lipinski definition) is 1. The summed E-state index contributed by atoms with van der Waals surface area (Å²) in [6, 6.07) is 0. The predicted molar refractivity (Wildman–Crippen MR) is 37.9 cm³/mol. The SMILES string of the molecule is C[NH+](C)C.O=C([O-])/C=C\C(=O)[O-].[K+]. The van der Waals surface area contributed by atoms with Crippen molar-refractivity contribution in [3.63, 3.8) is 0 Å². The molecule has 6 heteroatoms. The zero-order valence-electron chi connectivity index (χ0n) is 8.29. The maximum Gasteiger partial charge on any atom is 1.00 e. The van der Waals surface area contributed by atoms with Gasteiger partial charge in [0.15, 0.2) is 0 Å². The molecule has 0 atom stereocenters. The van der Waals surface area contributed by atoms with Crippen molar-refractivity contribution in [2.45, 2.75) is 0 Å². The van der Waals surface area contributed by atoms with Crippen LogP contribution in [0.4, 0.5) is 0 Å². The second-order valence-electron chi connectivity index (χ2n) is 2.47. The Hall–Kier alpha value is 0.276. The van der Waals surface area contributed by atoms with E-state index >= 15 is 0 Å². The number of nitrogens with one attached hydrogen (secondary N) is 1. The Morgan fingerprint density at radius 3 is 1.23 bits per heavy atom. The van der Waals surface area contributed by atoms with E-state index in [1.165, 1.54) is 4.90 Å². The summed E-state index contributed by atoms with van der Waals surface area (Å²) < 4.78 is 0. The van der Waals surface area contributed by atoms with Crippen molar-refractivity contribution >= 4 is 11.9 Å². The molecule has 0 aliphatic rings. The molecule has 0 spiro atoms. The van der Waals surface area contributed by atoms with Gasteiger partial charge in [-0.3, -0.25) is 0 Å². The fourth-order valence-corrected chi connectivity index (χ4v) is 0.136. The largest absolute Gasteiger partial charge is 1.00 e. The van der Waals surface area contributed by atoms with Crippen molar-refractivity contribution < 1.29 is 76.1 Å². The summed E-state index contributed by atoms with van der Waals surface area (Å²) in [4.78, 5) is 20.2. The summed E-state index contributed by atoms with van der Waals surface area (Å²) in [6.07, 6.45) is 0.769. The van der Waals surface area contributed by atoms with E-state index in [-0.39, 0.29) is 51.4 Å². The van der Waals surface area contributed by atoms with Crippen molar-refractivity contribution in [3.8, 4) is 0 Å². The Balaban J connectivity index is -0.000000173. The summed E-state index contributed by atoms with van der Waals surface area (Å²) >= 11 is 0. The van der Waals surface area contributed by atoms with Crippen LogP contribution in [0.5, 0.6) is 0 Å². The van der Waals surface area contributed by atoms with E-state index in [1.54, 1.807) is 0 Å². The number of carbonyl (C=O) groups is 2. The first-order valence-corrected chi connectivity index (χ1v) is 3.23.